The van der Waals surface area contributed by atoms with Gasteiger partial charge in [0.25, 0.3) is 0 Å². The van der Waals surface area contributed by atoms with Gasteiger partial charge in [0.1, 0.15) is 0 Å². The molecule has 1 aromatic rings. The maximum Gasteiger partial charge on any atom is 0.235 e. The third-order valence-electron chi connectivity index (χ3n) is 2.24. The number of carbonyl (C=O) groups excluding carboxylic acids is 1. The molecule has 1 aromatic heterocycles. The van der Waals surface area contributed by atoms with Gasteiger partial charge >= 0.3 is 0 Å². The van der Waals surface area contributed by atoms with Crippen LogP contribution in [0.15, 0.2) is 16.8 Å². The molecule has 3 N–H and O–H groups in total. The van der Waals surface area contributed by atoms with Crippen molar-refractivity contribution in [3.8, 4) is 0 Å². The number of thiophene rings is 1. The maximum absolute atomic E-state index is 11.3. The molecule has 0 unspecified atom stereocenters. The second-order valence-corrected chi connectivity index (χ2v) is 5.49. The molecule has 0 radical (unpaired) electrons. The summed E-state index contributed by atoms with van der Waals surface area (Å²) < 4.78 is 0. The molecule has 0 saturated carbocycles. The quantitative estimate of drug-likeness (QED) is 0.821. The van der Waals surface area contributed by atoms with Crippen LogP contribution in [0.1, 0.15) is 26.3 Å². The normalized spacial score (nSPS) is 13.8. The summed E-state index contributed by atoms with van der Waals surface area (Å²) in [6.07, 6.45) is 0. The van der Waals surface area contributed by atoms with Crippen LogP contribution in [0.4, 0.5) is 0 Å². The number of rotatable bonds is 4. The van der Waals surface area contributed by atoms with Crippen molar-refractivity contribution < 1.29 is 4.79 Å². The Labute approximate surface area is 94.7 Å². The number of primary amides is 1. The van der Waals surface area contributed by atoms with E-state index in [4.69, 9.17) is 5.73 Å². The van der Waals surface area contributed by atoms with Crippen molar-refractivity contribution >= 4 is 17.2 Å². The first-order valence-electron chi connectivity index (χ1n) is 4.95. The third-order valence-corrected chi connectivity index (χ3v) is 2.97. The van der Waals surface area contributed by atoms with E-state index in [1.54, 1.807) is 11.3 Å². The Morgan fingerprint density at radius 3 is 2.67 bits per heavy atom. The highest BCUT2D eigenvalue weighted by molar-refractivity contribution is 7.07. The fraction of sp³-hybridized carbons (Fsp3) is 0.545. The van der Waals surface area contributed by atoms with Gasteiger partial charge in [0, 0.05) is 6.54 Å². The van der Waals surface area contributed by atoms with Crippen LogP contribution in [-0.4, -0.2) is 11.9 Å². The largest absolute Gasteiger partial charge is 0.368 e. The average molecular weight is 226 g/mol. The summed E-state index contributed by atoms with van der Waals surface area (Å²) in [5.74, 6) is -0.294. The van der Waals surface area contributed by atoms with Gasteiger partial charge in [-0.1, -0.05) is 20.8 Å². The smallest absolute Gasteiger partial charge is 0.235 e. The molecule has 84 valence electrons. The molecule has 0 aromatic carbocycles. The van der Waals surface area contributed by atoms with Crippen molar-refractivity contribution in [1.82, 2.24) is 5.32 Å². The molecule has 0 aliphatic heterocycles. The zero-order valence-electron chi connectivity index (χ0n) is 9.41. The van der Waals surface area contributed by atoms with Crippen molar-refractivity contribution in [2.45, 2.75) is 33.4 Å². The second-order valence-electron chi connectivity index (χ2n) is 4.71. The van der Waals surface area contributed by atoms with Crippen molar-refractivity contribution in [3.05, 3.63) is 22.4 Å². The van der Waals surface area contributed by atoms with Crippen LogP contribution in [0.2, 0.25) is 0 Å². The van der Waals surface area contributed by atoms with Gasteiger partial charge in [-0.3, -0.25) is 4.79 Å². The molecule has 1 heterocycles. The Kier molecular flexibility index (Phi) is 3.88. The van der Waals surface area contributed by atoms with E-state index in [0.29, 0.717) is 6.54 Å². The third kappa shape index (κ3) is 3.64. The van der Waals surface area contributed by atoms with Crippen molar-refractivity contribution in [3.63, 3.8) is 0 Å². The summed E-state index contributed by atoms with van der Waals surface area (Å²) in [7, 11) is 0. The van der Waals surface area contributed by atoms with Crippen molar-refractivity contribution in [1.29, 1.82) is 0 Å². The predicted octanol–water partition coefficient (Wildman–Crippen LogP) is 1.74. The van der Waals surface area contributed by atoms with Crippen LogP contribution in [0, 0.1) is 5.41 Å². The van der Waals surface area contributed by atoms with E-state index in [0.717, 1.165) is 0 Å². The predicted molar refractivity (Wildman–Crippen MR) is 63.6 cm³/mol. The van der Waals surface area contributed by atoms with Crippen molar-refractivity contribution in [2.24, 2.45) is 11.1 Å². The summed E-state index contributed by atoms with van der Waals surface area (Å²) >= 11 is 1.65. The Balaban J connectivity index is 2.57. The highest BCUT2D eigenvalue weighted by atomic mass is 32.1. The van der Waals surface area contributed by atoms with E-state index in [1.807, 2.05) is 32.2 Å². The van der Waals surface area contributed by atoms with Crippen LogP contribution in [0.5, 0.6) is 0 Å². The van der Waals surface area contributed by atoms with E-state index in [1.165, 1.54) is 5.56 Å². The monoisotopic (exact) mass is 226 g/mol. The topological polar surface area (TPSA) is 55.1 Å². The highest BCUT2D eigenvalue weighted by Gasteiger charge is 2.28. The van der Waals surface area contributed by atoms with E-state index in [9.17, 15) is 4.79 Å². The summed E-state index contributed by atoms with van der Waals surface area (Å²) in [5, 5.41) is 7.28. The van der Waals surface area contributed by atoms with Gasteiger partial charge < -0.3 is 11.1 Å². The first kappa shape index (κ1) is 12.2. The summed E-state index contributed by atoms with van der Waals surface area (Å²) in [6.45, 7) is 6.70. The number of carbonyl (C=O) groups is 1. The molecular weight excluding hydrogens is 208 g/mol. The molecule has 0 bridgehead atoms. The fourth-order valence-electron chi connectivity index (χ4n) is 1.45. The van der Waals surface area contributed by atoms with E-state index >= 15 is 0 Å². The lowest BCUT2D eigenvalue weighted by molar-refractivity contribution is -0.122. The number of nitrogens with two attached hydrogens (primary N) is 1. The van der Waals surface area contributed by atoms with Gasteiger partial charge in [-0.15, -0.1) is 0 Å². The molecule has 1 rings (SSSR count). The molecule has 1 atom stereocenters. The summed E-state index contributed by atoms with van der Waals surface area (Å²) in [6, 6.07) is 1.75. The number of nitrogens with one attached hydrogen (secondary N) is 1. The molecule has 1 amide bonds. The van der Waals surface area contributed by atoms with Crippen LogP contribution in [0.3, 0.4) is 0 Å². The minimum atomic E-state index is -0.294. The van der Waals surface area contributed by atoms with Crippen LogP contribution in [-0.2, 0) is 11.3 Å². The van der Waals surface area contributed by atoms with Crippen molar-refractivity contribution in [2.75, 3.05) is 0 Å². The average Bonchev–Trinajstić information content (AvgIpc) is 2.53. The fourth-order valence-corrected chi connectivity index (χ4v) is 2.12. The molecule has 0 aliphatic rings. The van der Waals surface area contributed by atoms with Crippen LogP contribution < -0.4 is 11.1 Å². The van der Waals surface area contributed by atoms with E-state index in [2.05, 4.69) is 10.7 Å². The van der Waals surface area contributed by atoms with Gasteiger partial charge in [-0.05, 0) is 27.8 Å². The number of hydrogen-bond donors (Lipinski definition) is 2. The molecule has 0 spiro atoms. The maximum atomic E-state index is 11.3. The lowest BCUT2D eigenvalue weighted by Crippen LogP contribution is -2.49. The van der Waals surface area contributed by atoms with Crippen LogP contribution >= 0.6 is 11.3 Å². The minimum absolute atomic E-state index is 0.151. The standard InChI is InChI=1S/C11H18N2OS/c1-11(2,3)9(10(12)14)13-6-8-4-5-15-7-8/h4-5,7,9,13H,6H2,1-3H3,(H2,12,14)/t9-/m0/s1. The molecule has 3 nitrogen and oxygen atoms in total. The number of amides is 1. The molecular formula is C11H18N2OS. The van der Waals surface area contributed by atoms with Gasteiger partial charge in [-0.2, -0.15) is 11.3 Å². The van der Waals surface area contributed by atoms with E-state index in [-0.39, 0.29) is 17.4 Å². The second kappa shape index (κ2) is 4.77. The SMILES string of the molecule is CC(C)(C)[C@@H](NCc1ccsc1)C(N)=O. The Hall–Kier alpha value is -0.870. The van der Waals surface area contributed by atoms with Gasteiger partial charge in [0.05, 0.1) is 6.04 Å². The molecule has 0 fully saturated rings. The minimum Gasteiger partial charge on any atom is -0.368 e. The van der Waals surface area contributed by atoms with Crippen LogP contribution in [0.25, 0.3) is 0 Å². The Bertz CT molecular complexity index is 314. The first-order valence-corrected chi connectivity index (χ1v) is 5.89. The lowest BCUT2D eigenvalue weighted by Gasteiger charge is -2.28. The molecule has 4 heteroatoms. The Morgan fingerprint density at radius 1 is 1.60 bits per heavy atom. The molecule has 0 saturated heterocycles. The van der Waals surface area contributed by atoms with Gasteiger partial charge in [0.15, 0.2) is 0 Å². The zero-order chi connectivity index (χ0) is 11.5. The highest BCUT2D eigenvalue weighted by Crippen LogP contribution is 2.19. The molecule has 0 aliphatic carbocycles. The first-order chi connectivity index (χ1) is 6.91. The molecule has 15 heavy (non-hydrogen) atoms. The Morgan fingerprint density at radius 2 is 2.27 bits per heavy atom. The van der Waals surface area contributed by atoms with Gasteiger partial charge in [0.2, 0.25) is 5.91 Å². The van der Waals surface area contributed by atoms with E-state index < -0.39 is 0 Å². The zero-order valence-corrected chi connectivity index (χ0v) is 10.2. The summed E-state index contributed by atoms with van der Waals surface area (Å²) in [5.41, 5.74) is 6.40. The lowest BCUT2D eigenvalue weighted by atomic mass is 9.86. The summed E-state index contributed by atoms with van der Waals surface area (Å²) in [4.78, 5) is 11.3. The number of hydrogen-bond acceptors (Lipinski definition) is 3. The van der Waals surface area contributed by atoms with Gasteiger partial charge in [-0.25, -0.2) is 0 Å².